The van der Waals surface area contributed by atoms with Gasteiger partial charge in [0.05, 0.1) is 16.9 Å². The first-order valence-electron chi connectivity index (χ1n) is 8.29. The number of aromatic nitrogens is 2. The Bertz CT molecular complexity index is 729. The Labute approximate surface area is 146 Å². The Morgan fingerprint density at radius 1 is 1.25 bits per heavy atom. The highest BCUT2D eigenvalue weighted by Gasteiger charge is 2.15. The number of hydrogen-bond donors (Lipinski definition) is 2. The van der Waals surface area contributed by atoms with E-state index in [4.69, 9.17) is 11.6 Å². The molecule has 5 nitrogen and oxygen atoms in total. The first-order valence-corrected chi connectivity index (χ1v) is 8.67. The predicted molar refractivity (Wildman–Crippen MR) is 97.3 cm³/mol. The minimum atomic E-state index is -0.111. The molecule has 1 fully saturated rings. The van der Waals surface area contributed by atoms with Gasteiger partial charge in [-0.15, -0.1) is 0 Å². The summed E-state index contributed by atoms with van der Waals surface area (Å²) in [7, 11) is 0. The molecule has 0 atom stereocenters. The smallest absolute Gasteiger partial charge is 0.223 e. The average molecular weight is 345 g/mol. The summed E-state index contributed by atoms with van der Waals surface area (Å²) in [5.74, 6) is 0.492. The largest absolute Gasteiger partial charge is 0.351 e. The lowest BCUT2D eigenvalue weighted by Crippen LogP contribution is -2.23. The molecule has 1 aliphatic rings. The van der Waals surface area contributed by atoms with Crippen LogP contribution >= 0.6 is 11.6 Å². The van der Waals surface area contributed by atoms with E-state index in [2.05, 4.69) is 20.6 Å². The van der Waals surface area contributed by atoms with Crippen LogP contribution in [0.15, 0.2) is 30.5 Å². The van der Waals surface area contributed by atoms with Crippen molar-refractivity contribution in [1.82, 2.24) is 9.97 Å². The highest BCUT2D eigenvalue weighted by atomic mass is 35.5. The van der Waals surface area contributed by atoms with Crippen LogP contribution in [0.4, 0.5) is 11.6 Å². The van der Waals surface area contributed by atoms with Gasteiger partial charge in [-0.2, -0.15) is 0 Å². The van der Waals surface area contributed by atoms with Crippen molar-refractivity contribution in [3.8, 4) is 11.3 Å². The second-order valence-electron chi connectivity index (χ2n) is 6.13. The summed E-state index contributed by atoms with van der Waals surface area (Å²) < 4.78 is 0. The molecular formula is C18H21ClN4O. The number of carbonyl (C=O) groups excluding carboxylic acids is 1. The van der Waals surface area contributed by atoms with Crippen molar-refractivity contribution < 1.29 is 4.79 Å². The molecule has 1 saturated carbocycles. The lowest BCUT2D eigenvalue weighted by atomic mass is 9.96. The second-order valence-corrected chi connectivity index (χ2v) is 6.54. The highest BCUT2D eigenvalue weighted by Crippen LogP contribution is 2.29. The van der Waals surface area contributed by atoms with Crippen molar-refractivity contribution in [2.24, 2.45) is 0 Å². The fourth-order valence-corrected chi connectivity index (χ4v) is 3.22. The molecule has 6 heteroatoms. The molecule has 126 valence electrons. The monoisotopic (exact) mass is 344 g/mol. The molecular weight excluding hydrogens is 324 g/mol. The summed E-state index contributed by atoms with van der Waals surface area (Å²) >= 11 is 6.29. The van der Waals surface area contributed by atoms with Crippen LogP contribution in [-0.4, -0.2) is 21.9 Å². The summed E-state index contributed by atoms with van der Waals surface area (Å²) in [4.78, 5) is 20.1. The predicted octanol–water partition coefficient (Wildman–Crippen LogP) is 4.50. The molecule has 1 amide bonds. The molecule has 24 heavy (non-hydrogen) atoms. The number of nitrogens with zero attached hydrogens (tertiary/aromatic N) is 2. The van der Waals surface area contributed by atoms with Crippen LogP contribution in [0.25, 0.3) is 11.3 Å². The van der Waals surface area contributed by atoms with E-state index in [0.717, 1.165) is 24.1 Å². The fraction of sp³-hybridized carbons (Fsp3) is 0.389. The zero-order chi connectivity index (χ0) is 16.9. The number of anilines is 2. The molecule has 3 rings (SSSR count). The van der Waals surface area contributed by atoms with E-state index in [-0.39, 0.29) is 5.91 Å². The normalized spacial score (nSPS) is 15.1. The highest BCUT2D eigenvalue weighted by molar-refractivity contribution is 6.32. The summed E-state index contributed by atoms with van der Waals surface area (Å²) in [5.41, 5.74) is 2.23. The van der Waals surface area contributed by atoms with Crippen molar-refractivity contribution >= 4 is 29.1 Å². The molecule has 1 aromatic carbocycles. The standard InChI is InChI=1S/C18H21ClN4O/c1-12(24)21-15-9-5-6-13(10-15)17-16(19)11-20-18(23-17)22-14-7-3-2-4-8-14/h5-6,9-11,14H,2-4,7-8H2,1H3,(H,21,24)(H,20,22,23). The number of halogens is 1. The molecule has 1 aromatic heterocycles. The fourth-order valence-electron chi connectivity index (χ4n) is 3.02. The van der Waals surface area contributed by atoms with Crippen LogP contribution < -0.4 is 10.6 Å². The Balaban J connectivity index is 1.84. The number of rotatable bonds is 4. The van der Waals surface area contributed by atoms with Gasteiger partial charge in [-0.3, -0.25) is 4.79 Å². The van der Waals surface area contributed by atoms with Gasteiger partial charge in [-0.05, 0) is 25.0 Å². The van der Waals surface area contributed by atoms with Crippen LogP contribution in [-0.2, 0) is 4.79 Å². The van der Waals surface area contributed by atoms with Crippen LogP contribution in [0, 0.1) is 0 Å². The molecule has 0 spiro atoms. The van der Waals surface area contributed by atoms with Crippen molar-refractivity contribution in [3.05, 3.63) is 35.5 Å². The maximum atomic E-state index is 11.2. The number of carbonyl (C=O) groups is 1. The third kappa shape index (κ3) is 4.23. The van der Waals surface area contributed by atoms with Gasteiger partial charge < -0.3 is 10.6 Å². The Kier molecular flexibility index (Phi) is 5.30. The van der Waals surface area contributed by atoms with E-state index in [1.54, 1.807) is 6.20 Å². The molecule has 1 aliphatic carbocycles. The van der Waals surface area contributed by atoms with E-state index in [1.807, 2.05) is 24.3 Å². The van der Waals surface area contributed by atoms with Crippen LogP contribution in [0.1, 0.15) is 39.0 Å². The topological polar surface area (TPSA) is 66.9 Å². The first kappa shape index (κ1) is 16.7. The lowest BCUT2D eigenvalue weighted by molar-refractivity contribution is -0.114. The zero-order valence-electron chi connectivity index (χ0n) is 13.7. The van der Waals surface area contributed by atoms with Crippen molar-refractivity contribution in [1.29, 1.82) is 0 Å². The number of nitrogens with one attached hydrogen (secondary N) is 2. The SMILES string of the molecule is CC(=O)Nc1cccc(-c2nc(NC3CCCCC3)ncc2Cl)c1. The van der Waals surface area contributed by atoms with E-state index in [0.29, 0.717) is 22.7 Å². The van der Waals surface area contributed by atoms with E-state index in [9.17, 15) is 4.79 Å². The Morgan fingerprint density at radius 2 is 2.04 bits per heavy atom. The second kappa shape index (κ2) is 7.62. The van der Waals surface area contributed by atoms with Gasteiger partial charge in [0.15, 0.2) is 0 Å². The maximum Gasteiger partial charge on any atom is 0.223 e. The minimum absolute atomic E-state index is 0.111. The third-order valence-corrected chi connectivity index (χ3v) is 4.42. The van der Waals surface area contributed by atoms with Gasteiger partial charge in [-0.25, -0.2) is 9.97 Å². The van der Waals surface area contributed by atoms with E-state index >= 15 is 0 Å². The Hall–Kier alpha value is -2.14. The van der Waals surface area contributed by atoms with Gasteiger partial charge >= 0.3 is 0 Å². The lowest BCUT2D eigenvalue weighted by Gasteiger charge is -2.22. The first-order chi connectivity index (χ1) is 11.6. The molecule has 0 unspecified atom stereocenters. The molecule has 0 saturated heterocycles. The molecule has 0 radical (unpaired) electrons. The molecule has 0 aliphatic heterocycles. The molecule has 1 heterocycles. The van der Waals surface area contributed by atoms with Crippen LogP contribution in [0.2, 0.25) is 5.02 Å². The number of benzene rings is 1. The molecule has 0 bridgehead atoms. The van der Waals surface area contributed by atoms with Crippen LogP contribution in [0.3, 0.4) is 0 Å². The minimum Gasteiger partial charge on any atom is -0.351 e. The zero-order valence-corrected chi connectivity index (χ0v) is 14.4. The van der Waals surface area contributed by atoms with Gasteiger partial charge in [0.2, 0.25) is 11.9 Å². The maximum absolute atomic E-state index is 11.2. The van der Waals surface area contributed by atoms with Gasteiger partial charge in [0.1, 0.15) is 0 Å². The van der Waals surface area contributed by atoms with Gasteiger partial charge in [0, 0.05) is 24.2 Å². The summed E-state index contributed by atoms with van der Waals surface area (Å²) in [5, 5.41) is 6.68. The van der Waals surface area contributed by atoms with Crippen LogP contribution in [0.5, 0.6) is 0 Å². The van der Waals surface area contributed by atoms with E-state index in [1.165, 1.54) is 26.2 Å². The quantitative estimate of drug-likeness (QED) is 0.856. The third-order valence-electron chi connectivity index (χ3n) is 4.14. The van der Waals surface area contributed by atoms with Crippen molar-refractivity contribution in [2.75, 3.05) is 10.6 Å². The van der Waals surface area contributed by atoms with Gasteiger partial charge in [-0.1, -0.05) is 43.0 Å². The van der Waals surface area contributed by atoms with Crippen molar-refractivity contribution in [2.45, 2.75) is 45.1 Å². The average Bonchev–Trinajstić information content (AvgIpc) is 2.57. The van der Waals surface area contributed by atoms with Gasteiger partial charge in [0.25, 0.3) is 0 Å². The summed E-state index contributed by atoms with van der Waals surface area (Å²) in [6.45, 7) is 1.48. The Morgan fingerprint density at radius 3 is 2.79 bits per heavy atom. The molecule has 2 aromatic rings. The summed E-state index contributed by atoms with van der Waals surface area (Å²) in [6, 6.07) is 7.91. The summed E-state index contributed by atoms with van der Waals surface area (Å²) in [6.07, 6.45) is 7.73. The molecule has 2 N–H and O–H groups in total. The number of hydrogen-bond acceptors (Lipinski definition) is 4. The van der Waals surface area contributed by atoms with E-state index < -0.39 is 0 Å². The number of amides is 1. The van der Waals surface area contributed by atoms with Crippen molar-refractivity contribution in [3.63, 3.8) is 0 Å².